The fourth-order valence-corrected chi connectivity index (χ4v) is 1.83. The van der Waals surface area contributed by atoms with Gasteiger partial charge in [0, 0.05) is 12.7 Å². The summed E-state index contributed by atoms with van der Waals surface area (Å²) in [5, 5.41) is 0. The summed E-state index contributed by atoms with van der Waals surface area (Å²) in [5.74, 6) is 0. The number of unbranched alkanes of at least 4 members (excludes halogenated alkanes) is 3. The van der Waals surface area contributed by atoms with Crippen molar-refractivity contribution in [2.45, 2.75) is 65.2 Å². The maximum atomic E-state index is 5.79. The summed E-state index contributed by atoms with van der Waals surface area (Å²) in [7, 11) is 0. The first-order valence-electron chi connectivity index (χ1n) is 7.01. The number of ether oxygens (including phenoxy) is 1. The molecular formula is C15H26N2O. The molecule has 0 aromatic carbocycles. The standard InChI is InChI=1S/C15H26N2O/c1-3-4-5-6-7-13(2)18-12-15-9-8-14(10-16)11-17-15/h8-9,11,13H,3-7,10,12,16H2,1-2H3. The molecule has 0 aliphatic heterocycles. The van der Waals surface area contributed by atoms with Crippen molar-refractivity contribution < 1.29 is 4.74 Å². The van der Waals surface area contributed by atoms with Crippen LogP contribution in [0.5, 0.6) is 0 Å². The Hall–Kier alpha value is -0.930. The molecule has 0 radical (unpaired) electrons. The van der Waals surface area contributed by atoms with E-state index < -0.39 is 0 Å². The maximum Gasteiger partial charge on any atom is 0.0891 e. The van der Waals surface area contributed by atoms with Crippen LogP contribution in [-0.4, -0.2) is 11.1 Å². The minimum atomic E-state index is 0.317. The Labute approximate surface area is 111 Å². The van der Waals surface area contributed by atoms with Gasteiger partial charge in [0.05, 0.1) is 18.4 Å². The molecule has 0 fully saturated rings. The van der Waals surface area contributed by atoms with Gasteiger partial charge in [-0.05, 0) is 25.0 Å². The summed E-state index contributed by atoms with van der Waals surface area (Å²) in [5.41, 5.74) is 7.57. The molecule has 3 nitrogen and oxygen atoms in total. The number of rotatable bonds is 9. The van der Waals surface area contributed by atoms with Gasteiger partial charge in [-0.15, -0.1) is 0 Å². The van der Waals surface area contributed by atoms with Crippen LogP contribution >= 0.6 is 0 Å². The SMILES string of the molecule is CCCCCCC(C)OCc1ccc(CN)cn1. The Bertz CT molecular complexity index is 311. The zero-order valence-electron chi connectivity index (χ0n) is 11.7. The van der Waals surface area contributed by atoms with Crippen molar-refractivity contribution in [2.75, 3.05) is 0 Å². The number of nitrogens with two attached hydrogens (primary N) is 1. The lowest BCUT2D eigenvalue weighted by molar-refractivity contribution is 0.0440. The second kappa shape index (κ2) is 9.06. The molecule has 1 aromatic heterocycles. The second-order valence-electron chi connectivity index (χ2n) is 4.83. The summed E-state index contributed by atoms with van der Waals surface area (Å²) in [6.45, 7) is 5.51. The monoisotopic (exact) mass is 250 g/mol. The largest absolute Gasteiger partial charge is 0.372 e. The van der Waals surface area contributed by atoms with Crippen molar-refractivity contribution in [3.8, 4) is 0 Å². The topological polar surface area (TPSA) is 48.1 Å². The third-order valence-electron chi connectivity index (χ3n) is 3.10. The Balaban J connectivity index is 2.18. The third-order valence-corrected chi connectivity index (χ3v) is 3.10. The molecule has 0 amide bonds. The van der Waals surface area contributed by atoms with Crippen molar-refractivity contribution in [3.63, 3.8) is 0 Å². The number of aromatic nitrogens is 1. The highest BCUT2D eigenvalue weighted by Crippen LogP contribution is 2.10. The van der Waals surface area contributed by atoms with Crippen LogP contribution in [0.15, 0.2) is 18.3 Å². The molecule has 0 spiro atoms. The minimum Gasteiger partial charge on any atom is -0.372 e. The molecule has 1 heterocycles. The number of pyridine rings is 1. The third kappa shape index (κ3) is 6.12. The van der Waals surface area contributed by atoms with Gasteiger partial charge in [0.1, 0.15) is 0 Å². The summed E-state index contributed by atoms with van der Waals surface area (Å²) in [6.07, 6.45) is 8.47. The van der Waals surface area contributed by atoms with E-state index in [2.05, 4.69) is 18.8 Å². The quantitative estimate of drug-likeness (QED) is 0.683. The Kier molecular flexibility index (Phi) is 7.62. The Morgan fingerprint density at radius 3 is 2.72 bits per heavy atom. The van der Waals surface area contributed by atoms with Crippen LogP contribution in [-0.2, 0) is 17.9 Å². The zero-order chi connectivity index (χ0) is 13.2. The van der Waals surface area contributed by atoms with E-state index in [-0.39, 0.29) is 0 Å². The summed E-state index contributed by atoms with van der Waals surface area (Å²) >= 11 is 0. The van der Waals surface area contributed by atoms with Crippen molar-refractivity contribution >= 4 is 0 Å². The van der Waals surface area contributed by atoms with Gasteiger partial charge in [0.15, 0.2) is 0 Å². The van der Waals surface area contributed by atoms with E-state index in [9.17, 15) is 0 Å². The van der Waals surface area contributed by atoms with Crippen molar-refractivity contribution in [1.82, 2.24) is 4.98 Å². The fourth-order valence-electron chi connectivity index (χ4n) is 1.83. The zero-order valence-corrected chi connectivity index (χ0v) is 11.7. The van der Waals surface area contributed by atoms with E-state index in [1.807, 2.05) is 18.3 Å². The lowest BCUT2D eigenvalue weighted by Gasteiger charge is -2.12. The molecule has 18 heavy (non-hydrogen) atoms. The van der Waals surface area contributed by atoms with Gasteiger partial charge in [0.2, 0.25) is 0 Å². The molecule has 1 aromatic rings. The highest BCUT2D eigenvalue weighted by molar-refractivity contribution is 5.13. The number of hydrogen-bond donors (Lipinski definition) is 1. The van der Waals surface area contributed by atoms with Gasteiger partial charge >= 0.3 is 0 Å². The molecule has 0 bridgehead atoms. The van der Waals surface area contributed by atoms with Gasteiger partial charge in [-0.3, -0.25) is 4.98 Å². The highest BCUT2D eigenvalue weighted by atomic mass is 16.5. The first-order valence-corrected chi connectivity index (χ1v) is 7.01. The average molecular weight is 250 g/mol. The second-order valence-corrected chi connectivity index (χ2v) is 4.83. The average Bonchev–Trinajstić information content (AvgIpc) is 2.42. The van der Waals surface area contributed by atoms with Crippen LogP contribution in [0.1, 0.15) is 57.2 Å². The van der Waals surface area contributed by atoms with Crippen LogP contribution in [0.2, 0.25) is 0 Å². The van der Waals surface area contributed by atoms with Crippen molar-refractivity contribution in [3.05, 3.63) is 29.6 Å². The smallest absolute Gasteiger partial charge is 0.0891 e. The molecule has 0 aliphatic rings. The maximum absolute atomic E-state index is 5.79. The first kappa shape index (κ1) is 15.1. The van der Waals surface area contributed by atoms with E-state index in [0.717, 1.165) is 17.7 Å². The van der Waals surface area contributed by atoms with Crippen LogP contribution < -0.4 is 5.73 Å². The van der Waals surface area contributed by atoms with E-state index in [1.165, 1.54) is 25.7 Å². The minimum absolute atomic E-state index is 0.317. The molecule has 1 unspecified atom stereocenters. The molecule has 1 rings (SSSR count). The van der Waals surface area contributed by atoms with Crippen molar-refractivity contribution in [2.24, 2.45) is 5.73 Å². The van der Waals surface area contributed by atoms with Gasteiger partial charge in [-0.25, -0.2) is 0 Å². The molecule has 0 aliphatic carbocycles. The molecule has 0 saturated carbocycles. The molecule has 1 atom stereocenters. The lowest BCUT2D eigenvalue weighted by atomic mass is 10.1. The predicted molar refractivity (Wildman–Crippen MR) is 75.1 cm³/mol. The summed E-state index contributed by atoms with van der Waals surface area (Å²) < 4.78 is 5.79. The Morgan fingerprint density at radius 1 is 1.28 bits per heavy atom. The molecule has 2 N–H and O–H groups in total. The normalized spacial score (nSPS) is 12.6. The van der Waals surface area contributed by atoms with E-state index >= 15 is 0 Å². The highest BCUT2D eigenvalue weighted by Gasteiger charge is 2.03. The van der Waals surface area contributed by atoms with E-state index in [4.69, 9.17) is 10.5 Å². The van der Waals surface area contributed by atoms with Crippen LogP contribution in [0.4, 0.5) is 0 Å². The van der Waals surface area contributed by atoms with Gasteiger partial charge in [0.25, 0.3) is 0 Å². The Morgan fingerprint density at radius 2 is 2.11 bits per heavy atom. The van der Waals surface area contributed by atoms with Gasteiger partial charge in [-0.2, -0.15) is 0 Å². The van der Waals surface area contributed by atoms with E-state index in [0.29, 0.717) is 19.3 Å². The molecule has 0 saturated heterocycles. The number of nitrogens with zero attached hydrogens (tertiary/aromatic N) is 1. The van der Waals surface area contributed by atoms with E-state index in [1.54, 1.807) is 0 Å². The molecule has 102 valence electrons. The van der Waals surface area contributed by atoms with Crippen LogP contribution in [0.25, 0.3) is 0 Å². The summed E-state index contributed by atoms with van der Waals surface area (Å²) in [6, 6.07) is 4.00. The molecular weight excluding hydrogens is 224 g/mol. The predicted octanol–water partition coefficient (Wildman–Crippen LogP) is 3.42. The lowest BCUT2D eigenvalue weighted by Crippen LogP contribution is -2.09. The van der Waals surface area contributed by atoms with Gasteiger partial charge in [-0.1, -0.05) is 38.7 Å². The first-order chi connectivity index (χ1) is 8.76. The van der Waals surface area contributed by atoms with Crippen molar-refractivity contribution in [1.29, 1.82) is 0 Å². The van der Waals surface area contributed by atoms with Crippen LogP contribution in [0, 0.1) is 0 Å². The summed E-state index contributed by atoms with van der Waals surface area (Å²) in [4.78, 5) is 4.33. The number of hydrogen-bond acceptors (Lipinski definition) is 3. The van der Waals surface area contributed by atoms with Crippen LogP contribution in [0.3, 0.4) is 0 Å². The van der Waals surface area contributed by atoms with Gasteiger partial charge < -0.3 is 10.5 Å². The fraction of sp³-hybridized carbons (Fsp3) is 0.667. The molecule has 3 heteroatoms.